The predicted octanol–water partition coefficient (Wildman–Crippen LogP) is 3.68. The first kappa shape index (κ1) is 14.5. The zero-order chi connectivity index (χ0) is 15.1. The lowest BCUT2D eigenvalue weighted by Crippen LogP contribution is -1.94. The summed E-state index contributed by atoms with van der Waals surface area (Å²) in [5.74, 6) is -1.14. The Morgan fingerprint density at radius 3 is 2.19 bits per heavy atom. The standard InChI is InChI=1S/C18H14O3/c19-17(11-9-14-5-2-1-3-6-14)16-8-4-7-15(13-16)10-12-18(20)21/h1-13H,(H,20,21)/b11-9+,12-10+. The molecule has 2 aromatic carbocycles. The van der Waals surface area contributed by atoms with Crippen molar-refractivity contribution in [2.45, 2.75) is 0 Å². The number of benzene rings is 2. The molecule has 0 heterocycles. The third-order valence-electron chi connectivity index (χ3n) is 2.82. The van der Waals surface area contributed by atoms with Gasteiger partial charge in [0.15, 0.2) is 5.78 Å². The second-order valence-electron chi connectivity index (χ2n) is 4.41. The van der Waals surface area contributed by atoms with Gasteiger partial charge in [-0.05, 0) is 29.3 Å². The van der Waals surface area contributed by atoms with Crippen LogP contribution in [0.2, 0.25) is 0 Å². The molecule has 3 nitrogen and oxygen atoms in total. The lowest BCUT2D eigenvalue weighted by Gasteiger charge is -1.98. The van der Waals surface area contributed by atoms with Crippen LogP contribution >= 0.6 is 0 Å². The summed E-state index contributed by atoms with van der Waals surface area (Å²) in [6.45, 7) is 0. The van der Waals surface area contributed by atoms with Gasteiger partial charge >= 0.3 is 5.97 Å². The van der Waals surface area contributed by atoms with Gasteiger partial charge in [0.05, 0.1) is 0 Å². The Kier molecular flexibility index (Phi) is 4.83. The summed E-state index contributed by atoms with van der Waals surface area (Å²) in [5, 5.41) is 8.60. The molecular weight excluding hydrogens is 264 g/mol. The third-order valence-corrected chi connectivity index (χ3v) is 2.82. The summed E-state index contributed by atoms with van der Waals surface area (Å²) in [5.41, 5.74) is 2.15. The Balaban J connectivity index is 2.14. The van der Waals surface area contributed by atoms with Gasteiger partial charge in [-0.25, -0.2) is 4.79 Å². The van der Waals surface area contributed by atoms with Crippen molar-refractivity contribution in [1.82, 2.24) is 0 Å². The minimum absolute atomic E-state index is 0.121. The van der Waals surface area contributed by atoms with Crippen LogP contribution in [0.15, 0.2) is 66.7 Å². The molecule has 0 aliphatic rings. The first-order chi connectivity index (χ1) is 10.1. The van der Waals surface area contributed by atoms with Gasteiger partial charge in [-0.15, -0.1) is 0 Å². The number of carboxylic acid groups (broad SMARTS) is 1. The minimum atomic E-state index is -1.02. The molecule has 0 atom stereocenters. The largest absolute Gasteiger partial charge is 0.478 e. The highest BCUT2D eigenvalue weighted by Crippen LogP contribution is 2.10. The number of hydrogen-bond donors (Lipinski definition) is 1. The predicted molar refractivity (Wildman–Crippen MR) is 82.9 cm³/mol. The molecule has 0 fully saturated rings. The maximum Gasteiger partial charge on any atom is 0.328 e. The van der Waals surface area contributed by atoms with E-state index in [1.165, 1.54) is 12.2 Å². The summed E-state index contributed by atoms with van der Waals surface area (Å²) in [7, 11) is 0. The average molecular weight is 278 g/mol. The van der Waals surface area contributed by atoms with Gasteiger partial charge in [-0.2, -0.15) is 0 Å². The highest BCUT2D eigenvalue weighted by molar-refractivity contribution is 6.07. The Bertz CT molecular complexity index is 697. The lowest BCUT2D eigenvalue weighted by atomic mass is 10.1. The van der Waals surface area contributed by atoms with E-state index in [2.05, 4.69) is 0 Å². The van der Waals surface area contributed by atoms with Gasteiger partial charge in [0, 0.05) is 11.6 Å². The molecule has 1 N–H and O–H groups in total. The first-order valence-corrected chi connectivity index (χ1v) is 6.44. The van der Waals surface area contributed by atoms with Crippen molar-refractivity contribution in [3.8, 4) is 0 Å². The molecule has 3 heteroatoms. The average Bonchev–Trinajstić information content (AvgIpc) is 2.52. The number of hydrogen-bond acceptors (Lipinski definition) is 2. The van der Waals surface area contributed by atoms with Crippen LogP contribution < -0.4 is 0 Å². The van der Waals surface area contributed by atoms with Gasteiger partial charge < -0.3 is 5.11 Å². The Labute approximate surface area is 122 Å². The normalized spacial score (nSPS) is 11.0. The molecule has 0 aromatic heterocycles. The van der Waals surface area contributed by atoms with Crippen LogP contribution in [0.3, 0.4) is 0 Å². The van der Waals surface area contributed by atoms with Crippen LogP contribution in [0.4, 0.5) is 0 Å². The lowest BCUT2D eigenvalue weighted by molar-refractivity contribution is -0.131. The molecule has 2 rings (SSSR count). The Morgan fingerprint density at radius 2 is 1.48 bits per heavy atom. The van der Waals surface area contributed by atoms with E-state index >= 15 is 0 Å². The summed E-state index contributed by atoms with van der Waals surface area (Å²) < 4.78 is 0. The van der Waals surface area contributed by atoms with E-state index in [-0.39, 0.29) is 5.78 Å². The fourth-order valence-corrected chi connectivity index (χ4v) is 1.80. The number of allylic oxidation sites excluding steroid dienone is 1. The van der Waals surface area contributed by atoms with Crippen molar-refractivity contribution in [2.24, 2.45) is 0 Å². The highest BCUT2D eigenvalue weighted by Gasteiger charge is 2.02. The summed E-state index contributed by atoms with van der Waals surface area (Å²) >= 11 is 0. The Morgan fingerprint density at radius 1 is 0.810 bits per heavy atom. The molecule has 0 spiro atoms. The molecule has 0 amide bonds. The van der Waals surface area contributed by atoms with E-state index in [4.69, 9.17) is 5.11 Å². The second kappa shape index (κ2) is 7.01. The van der Waals surface area contributed by atoms with Crippen molar-refractivity contribution >= 4 is 23.9 Å². The molecule has 0 aliphatic heterocycles. The van der Waals surface area contributed by atoms with E-state index in [0.29, 0.717) is 11.1 Å². The van der Waals surface area contributed by atoms with Crippen LogP contribution in [0.1, 0.15) is 21.5 Å². The molecule has 0 aliphatic carbocycles. The molecule has 0 saturated heterocycles. The molecule has 2 aromatic rings. The summed E-state index contributed by atoms with van der Waals surface area (Å²) in [6.07, 6.45) is 5.76. The van der Waals surface area contributed by atoms with Crippen LogP contribution in [0.25, 0.3) is 12.2 Å². The van der Waals surface area contributed by atoms with E-state index in [1.807, 2.05) is 30.3 Å². The zero-order valence-electron chi connectivity index (χ0n) is 11.3. The molecule has 0 radical (unpaired) electrons. The molecule has 0 bridgehead atoms. The van der Waals surface area contributed by atoms with Crippen molar-refractivity contribution in [3.05, 3.63) is 83.4 Å². The van der Waals surface area contributed by atoms with Crippen molar-refractivity contribution in [2.75, 3.05) is 0 Å². The third kappa shape index (κ3) is 4.58. The number of ketones is 1. The van der Waals surface area contributed by atoms with Crippen LogP contribution in [-0.4, -0.2) is 16.9 Å². The number of rotatable bonds is 5. The number of carbonyl (C=O) groups is 2. The molecule has 104 valence electrons. The van der Waals surface area contributed by atoms with Crippen LogP contribution in [-0.2, 0) is 4.79 Å². The zero-order valence-corrected chi connectivity index (χ0v) is 11.3. The van der Waals surface area contributed by atoms with Crippen molar-refractivity contribution < 1.29 is 14.7 Å². The van der Waals surface area contributed by atoms with Gasteiger partial charge in [0.1, 0.15) is 0 Å². The van der Waals surface area contributed by atoms with E-state index in [9.17, 15) is 9.59 Å². The SMILES string of the molecule is O=C(O)/C=C/c1cccc(C(=O)/C=C/c2ccccc2)c1. The van der Waals surface area contributed by atoms with E-state index < -0.39 is 5.97 Å². The van der Waals surface area contributed by atoms with Gasteiger partial charge in [-0.1, -0.05) is 54.6 Å². The van der Waals surface area contributed by atoms with E-state index in [1.54, 1.807) is 30.3 Å². The second-order valence-corrected chi connectivity index (χ2v) is 4.41. The number of aliphatic carboxylic acids is 1. The number of carboxylic acids is 1. The Hall–Kier alpha value is -2.94. The highest BCUT2D eigenvalue weighted by atomic mass is 16.4. The van der Waals surface area contributed by atoms with Gasteiger partial charge in [0.25, 0.3) is 0 Å². The first-order valence-electron chi connectivity index (χ1n) is 6.44. The smallest absolute Gasteiger partial charge is 0.328 e. The van der Waals surface area contributed by atoms with Gasteiger partial charge in [0.2, 0.25) is 0 Å². The van der Waals surface area contributed by atoms with Crippen LogP contribution in [0.5, 0.6) is 0 Å². The quantitative estimate of drug-likeness (QED) is 0.670. The van der Waals surface area contributed by atoms with E-state index in [0.717, 1.165) is 11.6 Å². The maximum atomic E-state index is 12.1. The molecule has 0 saturated carbocycles. The minimum Gasteiger partial charge on any atom is -0.478 e. The molecular formula is C18H14O3. The molecule has 21 heavy (non-hydrogen) atoms. The van der Waals surface area contributed by atoms with Crippen molar-refractivity contribution in [3.63, 3.8) is 0 Å². The monoisotopic (exact) mass is 278 g/mol. The summed E-state index contributed by atoms with van der Waals surface area (Å²) in [4.78, 5) is 22.6. The maximum absolute atomic E-state index is 12.1. The topological polar surface area (TPSA) is 54.4 Å². The fourth-order valence-electron chi connectivity index (χ4n) is 1.80. The van der Waals surface area contributed by atoms with Crippen molar-refractivity contribution in [1.29, 1.82) is 0 Å². The number of carbonyl (C=O) groups excluding carboxylic acids is 1. The summed E-state index contributed by atoms with van der Waals surface area (Å²) in [6, 6.07) is 16.4. The fraction of sp³-hybridized carbons (Fsp3) is 0. The van der Waals surface area contributed by atoms with Crippen LogP contribution in [0, 0.1) is 0 Å². The molecule has 0 unspecified atom stereocenters. The van der Waals surface area contributed by atoms with Gasteiger partial charge in [-0.3, -0.25) is 4.79 Å².